The number of allylic oxidation sites excluding steroid dienone is 6. The van der Waals surface area contributed by atoms with Crippen molar-refractivity contribution in [2.24, 2.45) is 0 Å². The summed E-state index contributed by atoms with van der Waals surface area (Å²) in [5, 5.41) is 30.7. The molecule has 0 atom stereocenters. The van der Waals surface area contributed by atoms with Crippen LogP contribution in [0.3, 0.4) is 0 Å². The molecule has 0 unspecified atom stereocenters. The zero-order valence-corrected chi connectivity index (χ0v) is 84.1. The predicted molar refractivity (Wildman–Crippen MR) is 636 cm³/mol. The Balaban J connectivity index is 0.554. The fourth-order valence-corrected chi connectivity index (χ4v) is 27.5. The van der Waals surface area contributed by atoms with E-state index in [0.717, 1.165) is 172 Å². The van der Waals surface area contributed by atoms with Gasteiger partial charge in [0.25, 0.3) is 0 Å². The van der Waals surface area contributed by atoms with Crippen molar-refractivity contribution >= 4 is 191 Å². The molecule has 0 saturated heterocycles. The summed E-state index contributed by atoms with van der Waals surface area (Å²) in [6.07, 6.45) is 13.5. The van der Waals surface area contributed by atoms with Crippen LogP contribution in [0.4, 0.5) is 0 Å². The van der Waals surface area contributed by atoms with Crippen molar-refractivity contribution in [1.82, 2.24) is 0 Å². The minimum Gasteiger partial charge on any atom is -0.456 e. The second kappa shape index (κ2) is 32.1. The zero-order chi connectivity index (χ0) is 99.6. The third kappa shape index (κ3) is 12.6. The average Bonchev–Trinajstić information content (AvgIpc) is 1.52. The standard InChI is InChI=1S/C147H98O3/c1-84(120-82-122-105-41-29-31-53-129(105)148-132(122)83-121(120)128-78-96-36-16-30-52-125(96)145(128,2)3)101-37-10-8-9-11-38-102(104-40-18-17-39-103(101)104)95-59-58-89-72-90(56-57-91(89)73-95)93-66-71-130-124(77-93)137-114-67-62-92(76-123(114)142-140(144(137)149-130)118-69-65-100(80-127(118)147(142,6)7)136-112-48-25-21-44-108(112)134(109-45-22-26-49-113(109)136)98-61-55-86-33-13-15-35-88(86)75-98)94-63-70-119-131(81-94)150-143-116-51-28-27-50-115(116)141-138(139(119)143)117-68-64-99(79-126(117)146(141,4)5)135-110-46-23-19-42-106(110)133(107-43-20-24-47-111(107)135)97-60-54-85-32-12-14-34-87(85)74-97/h10-83H,1,8-9H2,2-7H3/b37-10+,38-11+,103-101+,104-102+. The quantitative estimate of drug-likeness (QED) is 0.128. The molecule has 150 heavy (non-hydrogen) atoms. The molecule has 3 nitrogen and oxygen atoms in total. The van der Waals surface area contributed by atoms with Crippen LogP contribution in [0.15, 0.2) is 463 Å². The molecule has 3 aromatic heterocycles. The van der Waals surface area contributed by atoms with E-state index in [1.54, 1.807) is 0 Å². The maximum absolute atomic E-state index is 7.60. The molecule has 27 aromatic rings. The maximum atomic E-state index is 7.60. The van der Waals surface area contributed by atoms with Gasteiger partial charge in [-0.1, -0.05) is 406 Å². The van der Waals surface area contributed by atoms with Crippen molar-refractivity contribution in [1.29, 1.82) is 0 Å². The maximum Gasteiger partial charge on any atom is 0.144 e. The van der Waals surface area contributed by atoms with Gasteiger partial charge in [-0.25, -0.2) is 0 Å². The van der Waals surface area contributed by atoms with Gasteiger partial charge in [0, 0.05) is 59.5 Å². The van der Waals surface area contributed by atoms with Crippen molar-refractivity contribution in [2.45, 2.75) is 70.6 Å². The molecule has 0 spiro atoms. The van der Waals surface area contributed by atoms with Crippen LogP contribution in [-0.4, -0.2) is 0 Å². The summed E-state index contributed by atoms with van der Waals surface area (Å²) in [6, 6.07) is 157. The number of benzene rings is 24. The predicted octanol–water partition coefficient (Wildman–Crippen LogP) is 39.2. The minimum absolute atomic E-state index is 0.275. The van der Waals surface area contributed by atoms with Crippen LogP contribution in [0.1, 0.15) is 104 Å². The summed E-state index contributed by atoms with van der Waals surface area (Å²) in [6.45, 7) is 19.6. The summed E-state index contributed by atoms with van der Waals surface area (Å²) in [4.78, 5) is 0. The fraction of sp³-hybridized carbons (Fsp3) is 0.0748. The molecule has 0 amide bonds. The highest BCUT2D eigenvalue weighted by Crippen LogP contribution is 2.62. The number of furan rings is 3. The molecule has 31 rings (SSSR count). The number of hydrogen-bond donors (Lipinski definition) is 0. The Hall–Kier alpha value is -18.3. The Labute approximate surface area is 867 Å². The molecule has 0 saturated carbocycles. The lowest BCUT2D eigenvalue weighted by atomic mass is 9.76. The summed E-state index contributed by atoms with van der Waals surface area (Å²) in [5.74, 6) is 0. The molecule has 0 aliphatic heterocycles. The highest BCUT2D eigenvalue weighted by Gasteiger charge is 2.44. The Morgan fingerprint density at radius 3 is 1.27 bits per heavy atom. The van der Waals surface area contributed by atoms with E-state index in [4.69, 9.17) is 19.8 Å². The monoisotopic (exact) mass is 1910 g/mol. The first-order chi connectivity index (χ1) is 73.6. The summed E-state index contributed by atoms with van der Waals surface area (Å²) in [7, 11) is 0. The van der Waals surface area contributed by atoms with Gasteiger partial charge in [0.05, 0.1) is 0 Å². The highest BCUT2D eigenvalue weighted by molar-refractivity contribution is 6.30. The number of para-hydroxylation sites is 1. The van der Waals surface area contributed by atoms with Crippen molar-refractivity contribution in [3.05, 3.63) is 510 Å². The number of fused-ring (bicyclic) bond motifs is 32. The van der Waals surface area contributed by atoms with Gasteiger partial charge < -0.3 is 13.3 Å². The Morgan fingerprint density at radius 2 is 0.660 bits per heavy atom. The van der Waals surface area contributed by atoms with Crippen molar-refractivity contribution in [3.63, 3.8) is 0 Å². The summed E-state index contributed by atoms with van der Waals surface area (Å²) >= 11 is 0. The van der Waals surface area contributed by atoms with E-state index in [1.165, 1.54) is 176 Å². The average molecular weight is 1910 g/mol. The summed E-state index contributed by atoms with van der Waals surface area (Å²) < 4.78 is 21.9. The van der Waals surface area contributed by atoms with Gasteiger partial charge in [-0.3, -0.25) is 0 Å². The van der Waals surface area contributed by atoms with E-state index in [-0.39, 0.29) is 10.8 Å². The van der Waals surface area contributed by atoms with Crippen LogP contribution >= 0.6 is 0 Å². The largest absolute Gasteiger partial charge is 0.456 e. The third-order valence-electron chi connectivity index (χ3n) is 34.5. The Morgan fingerprint density at radius 1 is 0.240 bits per heavy atom. The molecule has 704 valence electrons. The SMILES string of the molecule is C=C(C1=c2\cccc\c2=C(c2ccc3cc(-c4ccc5oc6c7c(c8cc(-c9ccc%10c(c9)oc9c%11ccccc%11c%11c(c%109)-c9ccc(-c%10c%12ccccc%12c(-c%12ccc%13ccccc%13c%12)c%12ccccc%10%12)cc9C%11(C)C)ccc8c6c5c4)C(C)(C)c4cc(-c5c6ccccc6c(-c6ccc8ccccc8c6)c6ccccc56)ccc4-7)ccc3c2)\C=C\CC\C=C\1)c1cc2c(cc1C1=Cc3ccccc3C1(C)C)oc1ccccc12. The van der Waals surface area contributed by atoms with Crippen LogP contribution in [-0.2, 0) is 16.2 Å². The van der Waals surface area contributed by atoms with Crippen LogP contribution in [0.2, 0.25) is 0 Å². The van der Waals surface area contributed by atoms with E-state index in [9.17, 15) is 0 Å². The molecule has 3 heteroatoms. The topological polar surface area (TPSA) is 39.4 Å². The van der Waals surface area contributed by atoms with Crippen molar-refractivity contribution < 1.29 is 13.3 Å². The molecule has 0 bridgehead atoms. The molecule has 0 radical (unpaired) electrons. The van der Waals surface area contributed by atoms with Gasteiger partial charge in [-0.05, 0) is 362 Å². The van der Waals surface area contributed by atoms with Gasteiger partial charge in [0.1, 0.15) is 33.5 Å². The van der Waals surface area contributed by atoms with E-state index < -0.39 is 5.41 Å². The van der Waals surface area contributed by atoms with Crippen LogP contribution < -0.4 is 10.4 Å². The Bertz CT molecular complexity index is 10900. The van der Waals surface area contributed by atoms with Gasteiger partial charge in [0.15, 0.2) is 0 Å². The van der Waals surface area contributed by atoms with Gasteiger partial charge in [-0.15, -0.1) is 0 Å². The van der Waals surface area contributed by atoms with Gasteiger partial charge in [0.2, 0.25) is 0 Å². The highest BCUT2D eigenvalue weighted by atomic mass is 16.3. The smallest absolute Gasteiger partial charge is 0.144 e. The lowest BCUT2D eigenvalue weighted by molar-refractivity contribution is 0.658. The van der Waals surface area contributed by atoms with E-state index in [1.807, 2.05) is 0 Å². The molecular formula is C147H98O3. The fourth-order valence-electron chi connectivity index (χ4n) is 27.5. The lowest BCUT2D eigenvalue weighted by Crippen LogP contribution is -2.29. The molecule has 4 aliphatic carbocycles. The summed E-state index contributed by atoms with van der Waals surface area (Å²) in [5.41, 5.74) is 38.8. The molecule has 0 N–H and O–H groups in total. The van der Waals surface area contributed by atoms with Crippen molar-refractivity contribution in [3.8, 4) is 89.0 Å². The first-order valence-corrected chi connectivity index (χ1v) is 52.8. The Kier molecular flexibility index (Phi) is 18.4. The van der Waals surface area contributed by atoms with Crippen molar-refractivity contribution in [2.75, 3.05) is 0 Å². The number of rotatable bonds is 10. The minimum atomic E-state index is -0.519. The first kappa shape index (κ1) is 86.1. The van der Waals surface area contributed by atoms with Crippen LogP contribution in [0.5, 0.6) is 0 Å². The van der Waals surface area contributed by atoms with Crippen LogP contribution in [0, 0.1) is 0 Å². The molecule has 24 aromatic carbocycles. The van der Waals surface area contributed by atoms with Gasteiger partial charge >= 0.3 is 0 Å². The molecule has 3 heterocycles. The van der Waals surface area contributed by atoms with E-state index >= 15 is 0 Å². The van der Waals surface area contributed by atoms with E-state index in [0.29, 0.717) is 0 Å². The van der Waals surface area contributed by atoms with Crippen LogP contribution in [0.25, 0.3) is 280 Å². The third-order valence-corrected chi connectivity index (χ3v) is 34.5. The number of hydrogen-bond acceptors (Lipinski definition) is 3. The van der Waals surface area contributed by atoms with Gasteiger partial charge in [-0.2, -0.15) is 0 Å². The molecule has 0 fully saturated rings. The first-order valence-electron chi connectivity index (χ1n) is 52.8. The second-order valence-electron chi connectivity index (χ2n) is 43.7. The van der Waals surface area contributed by atoms with E-state index in [2.05, 4.69) is 491 Å². The second-order valence-corrected chi connectivity index (χ2v) is 43.7. The molecular weight excluding hydrogens is 1810 g/mol. The zero-order valence-electron chi connectivity index (χ0n) is 84.1. The molecule has 4 aliphatic rings. The lowest BCUT2D eigenvalue weighted by Gasteiger charge is -2.27. The normalized spacial score (nSPS) is 15.6.